The molecule has 1 fully saturated rings. The Kier molecular flexibility index (Phi) is 3.01. The SMILES string of the molecule is Cc1ccc(C2CS(=O)CC(C)(C)N2)s1. The molecule has 2 rings (SSSR count). The molecule has 15 heavy (non-hydrogen) atoms. The number of hydrogen-bond donors (Lipinski definition) is 1. The molecule has 4 heteroatoms. The van der Waals surface area contributed by atoms with E-state index in [1.165, 1.54) is 9.75 Å². The average Bonchev–Trinajstić information content (AvgIpc) is 2.48. The zero-order chi connectivity index (χ0) is 11.1. The summed E-state index contributed by atoms with van der Waals surface area (Å²) in [7, 11) is -0.687. The van der Waals surface area contributed by atoms with E-state index < -0.39 is 10.8 Å². The highest BCUT2D eigenvalue weighted by Crippen LogP contribution is 2.28. The van der Waals surface area contributed by atoms with Gasteiger partial charge in [-0.2, -0.15) is 0 Å². The minimum atomic E-state index is -0.687. The van der Waals surface area contributed by atoms with Gasteiger partial charge in [0.1, 0.15) is 0 Å². The summed E-state index contributed by atoms with van der Waals surface area (Å²) in [5.41, 5.74) is -0.00826. The zero-order valence-corrected chi connectivity index (χ0v) is 11.0. The highest BCUT2D eigenvalue weighted by atomic mass is 32.2. The molecular formula is C11H17NOS2. The van der Waals surface area contributed by atoms with E-state index in [-0.39, 0.29) is 11.6 Å². The third kappa shape index (κ3) is 2.68. The van der Waals surface area contributed by atoms with Crippen LogP contribution in [0.4, 0.5) is 0 Å². The van der Waals surface area contributed by atoms with Crippen LogP contribution in [-0.4, -0.2) is 21.3 Å². The van der Waals surface area contributed by atoms with Crippen LogP contribution < -0.4 is 5.32 Å². The molecule has 1 aliphatic heterocycles. The van der Waals surface area contributed by atoms with Gasteiger partial charge in [0, 0.05) is 37.6 Å². The maximum atomic E-state index is 11.7. The van der Waals surface area contributed by atoms with E-state index in [0.29, 0.717) is 0 Å². The molecule has 1 aromatic heterocycles. The Hall–Kier alpha value is -0.190. The van der Waals surface area contributed by atoms with Crippen molar-refractivity contribution in [2.24, 2.45) is 0 Å². The summed E-state index contributed by atoms with van der Waals surface area (Å²) in [4.78, 5) is 2.63. The van der Waals surface area contributed by atoms with Gasteiger partial charge < -0.3 is 5.32 Å². The van der Waals surface area contributed by atoms with Crippen LogP contribution in [0.1, 0.15) is 29.6 Å². The normalized spacial score (nSPS) is 30.3. The van der Waals surface area contributed by atoms with E-state index in [1.54, 1.807) is 11.3 Å². The fourth-order valence-corrected chi connectivity index (χ4v) is 4.67. The van der Waals surface area contributed by atoms with Crippen LogP contribution >= 0.6 is 11.3 Å². The summed E-state index contributed by atoms with van der Waals surface area (Å²) in [6, 6.07) is 4.55. The number of hydrogen-bond acceptors (Lipinski definition) is 3. The molecule has 0 aliphatic carbocycles. The predicted octanol–water partition coefficient (Wildman–Crippen LogP) is 2.23. The second-order valence-corrected chi connectivity index (χ2v) is 7.60. The summed E-state index contributed by atoms with van der Waals surface area (Å²) >= 11 is 1.80. The van der Waals surface area contributed by atoms with Gasteiger partial charge in [-0.15, -0.1) is 11.3 Å². The van der Waals surface area contributed by atoms with Gasteiger partial charge in [0.05, 0.1) is 6.04 Å². The third-order valence-corrected chi connectivity index (χ3v) is 5.41. The molecule has 1 aliphatic rings. The molecule has 0 amide bonds. The molecule has 0 spiro atoms. The van der Waals surface area contributed by atoms with E-state index in [4.69, 9.17) is 0 Å². The Bertz CT molecular complexity index is 384. The van der Waals surface area contributed by atoms with Crippen LogP contribution in [0.15, 0.2) is 12.1 Å². The maximum absolute atomic E-state index is 11.7. The second-order valence-electron chi connectivity index (χ2n) is 4.78. The van der Waals surface area contributed by atoms with Crippen molar-refractivity contribution in [3.63, 3.8) is 0 Å². The lowest BCUT2D eigenvalue weighted by Gasteiger charge is -2.36. The van der Waals surface area contributed by atoms with Crippen LogP contribution in [-0.2, 0) is 10.8 Å². The smallest absolute Gasteiger partial charge is 0.0536 e. The highest BCUT2D eigenvalue weighted by Gasteiger charge is 2.32. The van der Waals surface area contributed by atoms with E-state index in [1.807, 2.05) is 0 Å². The van der Waals surface area contributed by atoms with Crippen molar-refractivity contribution in [3.05, 3.63) is 21.9 Å². The van der Waals surface area contributed by atoms with Gasteiger partial charge in [-0.25, -0.2) is 0 Å². The van der Waals surface area contributed by atoms with Gasteiger partial charge in [-0.3, -0.25) is 4.21 Å². The minimum absolute atomic E-state index is 0.00826. The van der Waals surface area contributed by atoms with Crippen molar-refractivity contribution >= 4 is 22.1 Å². The summed E-state index contributed by atoms with van der Waals surface area (Å²) in [5.74, 6) is 1.51. The number of nitrogens with one attached hydrogen (secondary N) is 1. The lowest BCUT2D eigenvalue weighted by atomic mass is 10.1. The molecule has 0 aromatic carbocycles. The van der Waals surface area contributed by atoms with E-state index >= 15 is 0 Å². The monoisotopic (exact) mass is 243 g/mol. The van der Waals surface area contributed by atoms with E-state index in [9.17, 15) is 4.21 Å². The average molecular weight is 243 g/mol. The standard InChI is InChI=1S/C11H17NOS2/c1-8-4-5-10(14-8)9-6-15(13)7-11(2,3)12-9/h4-5,9,12H,6-7H2,1-3H3. The van der Waals surface area contributed by atoms with E-state index in [0.717, 1.165) is 11.5 Å². The Morgan fingerprint density at radius 2 is 2.27 bits per heavy atom. The van der Waals surface area contributed by atoms with Gasteiger partial charge in [0.25, 0.3) is 0 Å². The van der Waals surface area contributed by atoms with Gasteiger partial charge in [0.2, 0.25) is 0 Å². The van der Waals surface area contributed by atoms with Gasteiger partial charge in [-0.05, 0) is 32.9 Å². The lowest BCUT2D eigenvalue weighted by molar-refractivity contribution is 0.372. The summed E-state index contributed by atoms with van der Waals surface area (Å²) in [6.45, 7) is 6.36. The first kappa shape index (κ1) is 11.3. The van der Waals surface area contributed by atoms with Crippen LogP contribution in [0, 0.1) is 6.92 Å². The zero-order valence-electron chi connectivity index (χ0n) is 9.37. The molecule has 0 saturated carbocycles. The minimum Gasteiger partial charge on any atom is -0.303 e. The van der Waals surface area contributed by atoms with Crippen molar-refractivity contribution in [2.75, 3.05) is 11.5 Å². The molecule has 2 unspecified atom stereocenters. The topological polar surface area (TPSA) is 29.1 Å². The Morgan fingerprint density at radius 3 is 2.80 bits per heavy atom. The summed E-state index contributed by atoms with van der Waals surface area (Å²) in [5, 5.41) is 3.57. The third-order valence-electron chi connectivity index (χ3n) is 2.54. The predicted molar refractivity (Wildman–Crippen MR) is 66.9 cm³/mol. The fourth-order valence-electron chi connectivity index (χ4n) is 2.00. The first-order chi connectivity index (χ1) is 6.96. The lowest BCUT2D eigenvalue weighted by Crippen LogP contribution is -2.52. The number of rotatable bonds is 1. The van der Waals surface area contributed by atoms with E-state index in [2.05, 4.69) is 38.2 Å². The van der Waals surface area contributed by atoms with Crippen molar-refractivity contribution in [1.82, 2.24) is 5.32 Å². The number of aryl methyl sites for hydroxylation is 1. The van der Waals surface area contributed by atoms with Crippen molar-refractivity contribution in [1.29, 1.82) is 0 Å². The van der Waals surface area contributed by atoms with Gasteiger partial charge in [-0.1, -0.05) is 0 Å². The van der Waals surface area contributed by atoms with Crippen LogP contribution in [0.2, 0.25) is 0 Å². The fraction of sp³-hybridized carbons (Fsp3) is 0.636. The summed E-state index contributed by atoms with van der Waals surface area (Å²) < 4.78 is 11.7. The quantitative estimate of drug-likeness (QED) is 0.819. The first-order valence-electron chi connectivity index (χ1n) is 5.15. The van der Waals surface area contributed by atoms with Crippen molar-refractivity contribution in [3.8, 4) is 0 Å². The largest absolute Gasteiger partial charge is 0.303 e. The molecular weight excluding hydrogens is 226 g/mol. The Balaban J connectivity index is 2.19. The molecule has 0 radical (unpaired) electrons. The maximum Gasteiger partial charge on any atom is 0.0536 e. The molecule has 2 nitrogen and oxygen atoms in total. The van der Waals surface area contributed by atoms with Crippen LogP contribution in [0.5, 0.6) is 0 Å². The molecule has 84 valence electrons. The van der Waals surface area contributed by atoms with Gasteiger partial charge >= 0.3 is 0 Å². The molecule has 1 N–H and O–H groups in total. The second kappa shape index (κ2) is 4.00. The Morgan fingerprint density at radius 1 is 1.53 bits per heavy atom. The van der Waals surface area contributed by atoms with Crippen molar-refractivity contribution < 1.29 is 4.21 Å². The van der Waals surface area contributed by atoms with Crippen LogP contribution in [0.25, 0.3) is 0 Å². The van der Waals surface area contributed by atoms with Gasteiger partial charge in [0.15, 0.2) is 0 Å². The first-order valence-corrected chi connectivity index (χ1v) is 7.46. The number of thiophene rings is 1. The van der Waals surface area contributed by atoms with Crippen molar-refractivity contribution in [2.45, 2.75) is 32.4 Å². The highest BCUT2D eigenvalue weighted by molar-refractivity contribution is 7.85. The summed E-state index contributed by atoms with van der Waals surface area (Å²) in [6.07, 6.45) is 0. The molecule has 1 saturated heterocycles. The molecule has 2 atom stereocenters. The molecule has 2 heterocycles. The molecule has 1 aromatic rings. The molecule has 0 bridgehead atoms. The Labute approximate surface area is 97.5 Å². The van der Waals surface area contributed by atoms with Crippen LogP contribution in [0.3, 0.4) is 0 Å².